The SMILES string of the molecule is O=S(=O)([O-])c1c(F)c(F)c(Oc2c(-c3cccc4ccccc34)cc(-c3cccc4ccccc34)cc2-c2cccc3ccccc23)c(F)c1F. The Morgan fingerprint density at radius 1 is 0.431 bits per heavy atom. The van der Waals surface area contributed by atoms with Crippen LogP contribution in [0.2, 0.25) is 0 Å². The molecule has 0 atom stereocenters. The number of ether oxygens (including phenoxy) is 1. The van der Waals surface area contributed by atoms with Crippen molar-refractivity contribution in [2.75, 3.05) is 0 Å². The third-order valence-electron chi connectivity index (χ3n) is 8.99. The molecule has 0 radical (unpaired) electrons. The van der Waals surface area contributed by atoms with Crippen molar-refractivity contribution in [1.29, 1.82) is 0 Å². The summed E-state index contributed by atoms with van der Waals surface area (Å²) >= 11 is 0. The van der Waals surface area contributed by atoms with E-state index < -0.39 is 44.0 Å². The molecule has 8 aromatic carbocycles. The van der Waals surface area contributed by atoms with Crippen molar-refractivity contribution in [2.24, 2.45) is 0 Å². The molecule has 0 N–H and O–H groups in total. The van der Waals surface area contributed by atoms with Gasteiger partial charge in [-0.1, -0.05) is 127 Å². The summed E-state index contributed by atoms with van der Waals surface area (Å²) in [5, 5.41) is 5.06. The fourth-order valence-corrected chi connectivity index (χ4v) is 7.31. The topological polar surface area (TPSA) is 66.4 Å². The number of benzene rings is 8. The van der Waals surface area contributed by atoms with Crippen LogP contribution >= 0.6 is 0 Å². The molecular weight excluding hydrogens is 677 g/mol. The fraction of sp³-hybridized carbons (Fsp3) is 0. The molecule has 0 saturated carbocycles. The molecule has 0 aliphatic carbocycles. The molecule has 0 amide bonds. The van der Waals surface area contributed by atoms with Crippen LogP contribution in [0.4, 0.5) is 17.6 Å². The van der Waals surface area contributed by atoms with Crippen molar-refractivity contribution >= 4 is 42.4 Å². The first kappa shape index (κ1) is 32.2. The number of hydrogen-bond donors (Lipinski definition) is 0. The maximum Gasteiger partial charge on any atom is 0.205 e. The Hall–Kier alpha value is -6.03. The fourth-order valence-electron chi connectivity index (χ4n) is 6.69. The van der Waals surface area contributed by atoms with Gasteiger partial charge in [0.1, 0.15) is 20.8 Å². The van der Waals surface area contributed by atoms with Crippen LogP contribution in [0.15, 0.2) is 144 Å². The third-order valence-corrected chi connectivity index (χ3v) is 9.84. The van der Waals surface area contributed by atoms with Gasteiger partial charge in [0.25, 0.3) is 0 Å². The van der Waals surface area contributed by atoms with E-state index in [2.05, 4.69) is 0 Å². The molecular formula is C42H23F4O4S-. The normalized spacial score (nSPS) is 11.8. The molecule has 0 aliphatic heterocycles. The van der Waals surface area contributed by atoms with Crippen molar-refractivity contribution in [2.45, 2.75) is 4.90 Å². The van der Waals surface area contributed by atoms with Gasteiger partial charge in [0.05, 0.1) is 0 Å². The monoisotopic (exact) mass is 699 g/mol. The second-order valence-corrected chi connectivity index (χ2v) is 13.3. The van der Waals surface area contributed by atoms with Gasteiger partial charge in [-0.05, 0) is 66.7 Å². The van der Waals surface area contributed by atoms with Gasteiger partial charge in [0, 0.05) is 11.1 Å². The molecule has 0 fully saturated rings. The van der Waals surface area contributed by atoms with Gasteiger partial charge >= 0.3 is 0 Å². The summed E-state index contributed by atoms with van der Waals surface area (Å²) in [6.45, 7) is 0. The second-order valence-electron chi connectivity index (χ2n) is 12.0. The lowest BCUT2D eigenvalue weighted by molar-refractivity contribution is 0.346. The highest BCUT2D eigenvalue weighted by atomic mass is 32.2. The summed E-state index contributed by atoms with van der Waals surface area (Å²) in [5.74, 6) is -10.8. The summed E-state index contributed by atoms with van der Waals surface area (Å²) in [4.78, 5) is -2.26. The molecule has 51 heavy (non-hydrogen) atoms. The van der Waals surface area contributed by atoms with Gasteiger partial charge in [-0.25, -0.2) is 17.2 Å². The van der Waals surface area contributed by atoms with Crippen LogP contribution in [-0.4, -0.2) is 13.0 Å². The van der Waals surface area contributed by atoms with E-state index in [4.69, 9.17) is 4.74 Å². The summed E-state index contributed by atoms with van der Waals surface area (Å²) in [6, 6.07) is 43.1. The predicted molar refractivity (Wildman–Crippen MR) is 190 cm³/mol. The summed E-state index contributed by atoms with van der Waals surface area (Å²) < 4.78 is 103. The third kappa shape index (κ3) is 5.47. The Morgan fingerprint density at radius 2 is 0.804 bits per heavy atom. The average Bonchev–Trinajstić information content (AvgIpc) is 3.14. The summed E-state index contributed by atoms with van der Waals surface area (Å²) in [5.41, 5.74) is 3.33. The van der Waals surface area contributed by atoms with Crippen molar-refractivity contribution < 1.29 is 35.3 Å². The lowest BCUT2D eigenvalue weighted by Gasteiger charge is -2.22. The lowest BCUT2D eigenvalue weighted by Crippen LogP contribution is -2.11. The number of fused-ring (bicyclic) bond motifs is 3. The van der Waals surface area contributed by atoms with Crippen molar-refractivity contribution in [1.82, 2.24) is 0 Å². The molecule has 0 saturated heterocycles. The number of hydrogen-bond acceptors (Lipinski definition) is 4. The molecule has 8 rings (SSSR count). The highest BCUT2D eigenvalue weighted by Crippen LogP contribution is 2.49. The van der Waals surface area contributed by atoms with Gasteiger partial charge in [-0.2, -0.15) is 8.78 Å². The predicted octanol–water partition coefficient (Wildman–Crippen LogP) is 11.4. The van der Waals surface area contributed by atoms with E-state index in [0.29, 0.717) is 27.8 Å². The zero-order chi connectivity index (χ0) is 35.4. The van der Waals surface area contributed by atoms with Crippen LogP contribution in [0.1, 0.15) is 0 Å². The van der Waals surface area contributed by atoms with Crippen LogP contribution < -0.4 is 4.74 Å². The summed E-state index contributed by atoms with van der Waals surface area (Å²) in [7, 11) is -5.94. The lowest BCUT2D eigenvalue weighted by atomic mass is 9.87. The molecule has 4 nitrogen and oxygen atoms in total. The van der Waals surface area contributed by atoms with Crippen molar-refractivity contribution in [3.8, 4) is 44.9 Å². The van der Waals surface area contributed by atoms with Crippen molar-refractivity contribution in [3.63, 3.8) is 0 Å². The quantitative estimate of drug-likeness (QED) is 0.0984. The Balaban J connectivity index is 1.53. The molecule has 8 aromatic rings. The van der Waals surface area contributed by atoms with E-state index in [1.807, 2.05) is 103 Å². The Labute approximate surface area is 289 Å². The van der Waals surface area contributed by atoms with Gasteiger partial charge in [0.2, 0.25) is 17.4 Å². The Bertz CT molecular complexity index is 2670. The average molecular weight is 700 g/mol. The highest BCUT2D eigenvalue weighted by molar-refractivity contribution is 7.85. The molecule has 0 aromatic heterocycles. The second kappa shape index (κ2) is 12.4. The molecule has 0 unspecified atom stereocenters. The minimum absolute atomic E-state index is 0.166. The maximum atomic E-state index is 15.7. The molecule has 0 spiro atoms. The van der Waals surface area contributed by atoms with Crippen LogP contribution in [0.5, 0.6) is 11.5 Å². The first-order valence-corrected chi connectivity index (χ1v) is 17.1. The zero-order valence-corrected chi connectivity index (χ0v) is 27.1. The van der Waals surface area contributed by atoms with Gasteiger partial charge in [0.15, 0.2) is 11.6 Å². The minimum Gasteiger partial charge on any atom is -0.744 e. The molecule has 9 heteroatoms. The van der Waals surface area contributed by atoms with Crippen LogP contribution in [0.25, 0.3) is 65.7 Å². The molecule has 0 heterocycles. The van der Waals surface area contributed by atoms with E-state index in [1.54, 1.807) is 36.4 Å². The minimum atomic E-state index is -5.94. The van der Waals surface area contributed by atoms with Crippen LogP contribution in [0.3, 0.4) is 0 Å². The first-order chi connectivity index (χ1) is 24.6. The van der Waals surface area contributed by atoms with Crippen LogP contribution in [-0.2, 0) is 10.1 Å². The van der Waals surface area contributed by atoms with Gasteiger partial charge < -0.3 is 9.29 Å². The van der Waals surface area contributed by atoms with E-state index in [1.165, 1.54) is 0 Å². The smallest absolute Gasteiger partial charge is 0.205 e. The van der Waals surface area contributed by atoms with Crippen LogP contribution in [0, 0.1) is 23.3 Å². The standard InChI is InChI=1S/C42H24F4O4S/c43-36-38(45)42(51(47,48)49)39(46)37(44)41(36)50-40-34(32-20-8-14-25-11-2-5-17-29(25)32)22-27(31-19-7-13-24-10-1-4-16-28(24)31)23-35(40)33-21-9-15-26-12-3-6-18-30(26)33/h1-23H,(H,47,48,49)/p-1. The zero-order valence-electron chi connectivity index (χ0n) is 26.3. The van der Waals surface area contributed by atoms with Crippen molar-refractivity contribution in [3.05, 3.63) is 163 Å². The van der Waals surface area contributed by atoms with E-state index in [9.17, 15) is 13.0 Å². The molecule has 0 aliphatic rings. The summed E-state index contributed by atoms with van der Waals surface area (Å²) in [6.07, 6.45) is 0. The number of halogens is 4. The van der Waals surface area contributed by atoms with Gasteiger partial charge in [-0.3, -0.25) is 0 Å². The molecule has 250 valence electrons. The Kier molecular flexibility index (Phi) is 7.82. The van der Waals surface area contributed by atoms with Gasteiger partial charge in [-0.15, -0.1) is 0 Å². The van der Waals surface area contributed by atoms with E-state index in [-0.39, 0.29) is 5.75 Å². The van der Waals surface area contributed by atoms with E-state index in [0.717, 1.165) is 37.9 Å². The highest BCUT2D eigenvalue weighted by Gasteiger charge is 2.32. The largest absolute Gasteiger partial charge is 0.744 e. The first-order valence-electron chi connectivity index (χ1n) is 15.7. The number of rotatable bonds is 6. The maximum absolute atomic E-state index is 15.7. The molecule has 0 bridgehead atoms. The Morgan fingerprint density at radius 3 is 1.24 bits per heavy atom. The van der Waals surface area contributed by atoms with E-state index >= 15 is 17.6 Å².